The summed E-state index contributed by atoms with van der Waals surface area (Å²) in [6.07, 6.45) is 3.85. The molecule has 1 unspecified atom stereocenters. The van der Waals surface area contributed by atoms with Crippen molar-refractivity contribution >= 4 is 38.6 Å². The summed E-state index contributed by atoms with van der Waals surface area (Å²) in [6, 6.07) is 7.59. The SMILES string of the molecule is C[S+]1CC(=O)N(CCCCBr)C(=O)c2ccccc21. The van der Waals surface area contributed by atoms with Crippen LogP contribution < -0.4 is 0 Å². The summed E-state index contributed by atoms with van der Waals surface area (Å²) in [5.41, 5.74) is 0.693. The van der Waals surface area contributed by atoms with Crippen molar-refractivity contribution in [3.63, 3.8) is 0 Å². The van der Waals surface area contributed by atoms with Gasteiger partial charge in [-0.2, -0.15) is 0 Å². The molecule has 1 aliphatic rings. The molecule has 0 saturated heterocycles. The van der Waals surface area contributed by atoms with Gasteiger partial charge in [0.05, 0.1) is 5.56 Å². The van der Waals surface area contributed by atoms with Gasteiger partial charge in [0.25, 0.3) is 11.8 Å². The van der Waals surface area contributed by atoms with Crippen LogP contribution in [0.1, 0.15) is 23.2 Å². The number of nitrogens with zero attached hydrogens (tertiary/aromatic N) is 1. The molecule has 19 heavy (non-hydrogen) atoms. The Hall–Kier alpha value is -0.810. The van der Waals surface area contributed by atoms with Crippen LogP contribution in [0.5, 0.6) is 0 Å². The van der Waals surface area contributed by atoms with Crippen molar-refractivity contribution < 1.29 is 9.59 Å². The van der Waals surface area contributed by atoms with E-state index in [0.29, 0.717) is 17.9 Å². The molecule has 1 aliphatic heterocycles. The Morgan fingerprint density at radius 1 is 1.26 bits per heavy atom. The topological polar surface area (TPSA) is 37.4 Å². The first kappa shape index (κ1) is 14.6. The molecular formula is C14H17BrNO2S+. The lowest BCUT2D eigenvalue weighted by molar-refractivity contribution is -0.125. The van der Waals surface area contributed by atoms with Crippen LogP contribution in [0, 0.1) is 0 Å². The lowest BCUT2D eigenvalue weighted by Crippen LogP contribution is -2.38. The second-order valence-electron chi connectivity index (χ2n) is 4.52. The van der Waals surface area contributed by atoms with Crippen molar-refractivity contribution in [1.29, 1.82) is 0 Å². The third-order valence-corrected chi connectivity index (χ3v) is 5.49. The summed E-state index contributed by atoms with van der Waals surface area (Å²) in [7, 11) is -0.183. The Morgan fingerprint density at radius 3 is 2.74 bits per heavy atom. The lowest BCUT2D eigenvalue weighted by atomic mass is 10.2. The van der Waals surface area contributed by atoms with E-state index in [4.69, 9.17) is 0 Å². The van der Waals surface area contributed by atoms with Gasteiger partial charge in [0, 0.05) is 22.8 Å². The highest BCUT2D eigenvalue weighted by Crippen LogP contribution is 2.23. The predicted octanol–water partition coefficient (Wildman–Crippen LogP) is 2.45. The number of benzene rings is 1. The van der Waals surface area contributed by atoms with Gasteiger partial charge < -0.3 is 0 Å². The third kappa shape index (κ3) is 3.20. The van der Waals surface area contributed by atoms with E-state index in [2.05, 4.69) is 15.9 Å². The van der Waals surface area contributed by atoms with Crippen LogP contribution in [0.4, 0.5) is 0 Å². The van der Waals surface area contributed by atoms with E-state index < -0.39 is 0 Å². The average molecular weight is 343 g/mol. The highest BCUT2D eigenvalue weighted by molar-refractivity contribution is 9.09. The fourth-order valence-electron chi connectivity index (χ4n) is 2.14. The van der Waals surface area contributed by atoms with Crippen LogP contribution >= 0.6 is 15.9 Å². The smallest absolute Gasteiger partial charge is 0.274 e. The van der Waals surface area contributed by atoms with E-state index in [0.717, 1.165) is 23.1 Å². The number of hydrogen-bond donors (Lipinski definition) is 0. The van der Waals surface area contributed by atoms with Gasteiger partial charge in [-0.3, -0.25) is 14.5 Å². The maximum atomic E-state index is 12.5. The van der Waals surface area contributed by atoms with Crippen LogP contribution in [0.25, 0.3) is 0 Å². The summed E-state index contributed by atoms with van der Waals surface area (Å²) in [4.78, 5) is 27.1. The molecule has 5 heteroatoms. The molecule has 1 heterocycles. The molecule has 102 valence electrons. The molecule has 2 amide bonds. The van der Waals surface area contributed by atoms with Crippen LogP contribution in [-0.2, 0) is 15.7 Å². The molecule has 0 bridgehead atoms. The number of alkyl halides is 1. The number of hydrogen-bond acceptors (Lipinski definition) is 2. The molecule has 3 nitrogen and oxygen atoms in total. The normalized spacial score (nSPS) is 19.3. The standard InChI is InChI=1S/C14H17BrNO2S/c1-19-10-13(17)16(9-5-4-8-15)14(18)11-6-2-3-7-12(11)19/h2-3,6-7H,4-5,8-10H2,1H3/q+1. The highest BCUT2D eigenvalue weighted by Gasteiger charge is 2.36. The zero-order valence-electron chi connectivity index (χ0n) is 10.9. The van der Waals surface area contributed by atoms with Crippen molar-refractivity contribution in [2.24, 2.45) is 0 Å². The molecule has 0 aliphatic carbocycles. The Labute approximate surface area is 124 Å². The first-order chi connectivity index (χ1) is 9.15. The number of unbranched alkanes of at least 4 members (excludes halogenated alkanes) is 1. The number of imide groups is 1. The molecule has 0 fully saturated rings. The zero-order chi connectivity index (χ0) is 13.8. The van der Waals surface area contributed by atoms with Crippen LogP contribution in [0.2, 0.25) is 0 Å². The molecule has 0 radical (unpaired) electrons. The van der Waals surface area contributed by atoms with Gasteiger partial charge in [-0.05, 0) is 25.0 Å². The van der Waals surface area contributed by atoms with E-state index in [1.54, 1.807) is 0 Å². The van der Waals surface area contributed by atoms with E-state index in [1.807, 2.05) is 30.5 Å². The molecule has 0 N–H and O–H groups in total. The number of halogens is 1. The summed E-state index contributed by atoms with van der Waals surface area (Å²) < 4.78 is 0. The Morgan fingerprint density at radius 2 is 2.00 bits per heavy atom. The number of amides is 2. The quantitative estimate of drug-likeness (QED) is 0.365. The van der Waals surface area contributed by atoms with Gasteiger partial charge in [-0.1, -0.05) is 28.1 Å². The van der Waals surface area contributed by atoms with Gasteiger partial charge in [0.2, 0.25) is 0 Å². The molecule has 1 atom stereocenters. The van der Waals surface area contributed by atoms with Gasteiger partial charge in [0.1, 0.15) is 6.26 Å². The molecular weight excluding hydrogens is 326 g/mol. The summed E-state index contributed by atoms with van der Waals surface area (Å²) in [5, 5.41) is 0.901. The number of carbonyl (C=O) groups excluding carboxylic acids is 2. The highest BCUT2D eigenvalue weighted by atomic mass is 79.9. The minimum Gasteiger partial charge on any atom is -0.274 e. The van der Waals surface area contributed by atoms with Crippen LogP contribution in [0.15, 0.2) is 29.2 Å². The first-order valence-electron chi connectivity index (χ1n) is 6.27. The predicted molar refractivity (Wildman–Crippen MR) is 81.9 cm³/mol. The number of rotatable bonds is 4. The van der Waals surface area contributed by atoms with E-state index in [1.165, 1.54) is 4.90 Å². The minimum atomic E-state index is -0.183. The fraction of sp³-hybridized carbons (Fsp3) is 0.429. The first-order valence-corrected chi connectivity index (χ1v) is 9.19. The Bertz CT molecular complexity index is 492. The Kier molecular flexibility index (Phi) is 5.05. The second-order valence-corrected chi connectivity index (χ2v) is 7.32. The molecule has 2 rings (SSSR count). The zero-order valence-corrected chi connectivity index (χ0v) is 13.3. The van der Waals surface area contributed by atoms with Crippen molar-refractivity contribution in [2.75, 3.05) is 23.9 Å². The molecule has 1 aromatic carbocycles. The Balaban J connectivity index is 2.27. The largest absolute Gasteiger partial charge is 0.279 e. The van der Waals surface area contributed by atoms with Gasteiger partial charge >= 0.3 is 0 Å². The fourth-order valence-corrected chi connectivity index (χ4v) is 4.06. The van der Waals surface area contributed by atoms with Gasteiger partial charge in [0.15, 0.2) is 10.6 Å². The van der Waals surface area contributed by atoms with E-state index in [-0.39, 0.29) is 22.7 Å². The summed E-state index contributed by atoms with van der Waals surface area (Å²) in [5.74, 6) is 0.269. The summed E-state index contributed by atoms with van der Waals surface area (Å²) in [6.45, 7) is 0.523. The van der Waals surface area contributed by atoms with Crippen LogP contribution in [-0.4, -0.2) is 40.6 Å². The lowest BCUT2D eigenvalue weighted by Gasteiger charge is -2.17. The second kappa shape index (κ2) is 6.57. The van der Waals surface area contributed by atoms with Crippen LogP contribution in [0.3, 0.4) is 0 Å². The molecule has 0 aromatic heterocycles. The number of carbonyl (C=O) groups is 2. The van der Waals surface area contributed by atoms with E-state index in [9.17, 15) is 9.59 Å². The molecule has 0 spiro atoms. The van der Waals surface area contributed by atoms with Crippen molar-refractivity contribution in [1.82, 2.24) is 4.90 Å². The van der Waals surface area contributed by atoms with Crippen molar-refractivity contribution in [2.45, 2.75) is 17.7 Å². The third-order valence-electron chi connectivity index (χ3n) is 3.14. The maximum absolute atomic E-state index is 12.5. The number of fused-ring (bicyclic) bond motifs is 1. The average Bonchev–Trinajstić information content (AvgIpc) is 2.50. The maximum Gasteiger partial charge on any atom is 0.279 e. The van der Waals surface area contributed by atoms with Crippen molar-refractivity contribution in [3.8, 4) is 0 Å². The molecule has 0 saturated carbocycles. The van der Waals surface area contributed by atoms with Gasteiger partial charge in [-0.15, -0.1) is 0 Å². The minimum absolute atomic E-state index is 0.0402. The molecule has 1 aromatic rings. The summed E-state index contributed by atoms with van der Waals surface area (Å²) >= 11 is 3.37. The van der Waals surface area contributed by atoms with Crippen molar-refractivity contribution in [3.05, 3.63) is 29.8 Å². The van der Waals surface area contributed by atoms with Gasteiger partial charge in [-0.25, -0.2) is 0 Å². The monoisotopic (exact) mass is 342 g/mol. The van der Waals surface area contributed by atoms with E-state index >= 15 is 0 Å².